The van der Waals surface area contributed by atoms with E-state index in [2.05, 4.69) is 4.74 Å². The minimum atomic E-state index is -7.06. The zero-order chi connectivity index (χ0) is 18.3. The van der Waals surface area contributed by atoms with Gasteiger partial charge < -0.3 is 9.84 Å². The monoisotopic (exact) mass is 392 g/mol. The van der Waals surface area contributed by atoms with E-state index in [1.165, 1.54) is 0 Å². The minimum Gasteiger partial charge on any atom is -0.478 e. The van der Waals surface area contributed by atoms with Gasteiger partial charge in [0, 0.05) is 0 Å². The van der Waals surface area contributed by atoms with Crippen LogP contribution in [-0.4, -0.2) is 35.2 Å². The number of ether oxygens (including phenoxy) is 1. The average Bonchev–Trinajstić information content (AvgIpc) is 2.37. The van der Waals surface area contributed by atoms with E-state index >= 15 is 0 Å². The van der Waals surface area contributed by atoms with Crippen molar-refractivity contribution in [2.24, 2.45) is 0 Å². The molecule has 1 aromatic carbocycles. The first-order valence-corrected chi connectivity index (χ1v) is 5.36. The highest BCUT2D eigenvalue weighted by molar-refractivity contribution is 5.87. The number of alkyl halides is 9. The normalized spacial score (nSPS) is 13.2. The molecular formula is C11H6ClF9O3. The van der Waals surface area contributed by atoms with E-state index in [1.807, 2.05) is 0 Å². The molecule has 0 radical (unpaired) electrons. The summed E-state index contributed by atoms with van der Waals surface area (Å²) in [7, 11) is 0. The molecule has 13 heteroatoms. The van der Waals surface area contributed by atoms with E-state index in [0.717, 1.165) is 0 Å². The number of benzene rings is 1. The van der Waals surface area contributed by atoms with Crippen LogP contribution in [-0.2, 0) is 0 Å². The molecule has 0 amide bonds. The van der Waals surface area contributed by atoms with Crippen molar-refractivity contribution >= 4 is 18.4 Å². The highest BCUT2D eigenvalue weighted by Gasteiger charge is 2.83. The lowest BCUT2D eigenvalue weighted by atomic mass is 10.1. The molecule has 0 unspecified atom stereocenters. The van der Waals surface area contributed by atoms with Gasteiger partial charge in [0.2, 0.25) is 0 Å². The van der Waals surface area contributed by atoms with Gasteiger partial charge in [-0.2, -0.15) is 39.5 Å². The first kappa shape index (κ1) is 22.1. The molecule has 0 saturated heterocycles. The number of rotatable bonds is 5. The molecule has 1 N–H and O–H groups in total. The van der Waals surface area contributed by atoms with Crippen molar-refractivity contribution in [3.05, 3.63) is 29.8 Å². The summed E-state index contributed by atoms with van der Waals surface area (Å²) >= 11 is 0. The van der Waals surface area contributed by atoms with Crippen molar-refractivity contribution in [1.82, 2.24) is 0 Å². The molecular weight excluding hydrogens is 387 g/mol. The largest absolute Gasteiger partial charge is 0.478 e. The maximum absolute atomic E-state index is 13.1. The third kappa shape index (κ3) is 3.79. The Hall–Kier alpha value is -1.85. The molecule has 24 heavy (non-hydrogen) atoms. The lowest BCUT2D eigenvalue weighted by Crippen LogP contribution is -2.62. The van der Waals surface area contributed by atoms with Crippen LogP contribution in [0.3, 0.4) is 0 Å². The fraction of sp³-hybridized carbons (Fsp3) is 0.364. The van der Waals surface area contributed by atoms with E-state index in [-0.39, 0.29) is 12.4 Å². The van der Waals surface area contributed by atoms with Gasteiger partial charge in [0.25, 0.3) is 0 Å². The van der Waals surface area contributed by atoms with E-state index in [4.69, 9.17) is 5.11 Å². The lowest BCUT2D eigenvalue weighted by Gasteiger charge is -2.32. The van der Waals surface area contributed by atoms with Crippen LogP contribution in [0.25, 0.3) is 0 Å². The number of hydrogen-bond acceptors (Lipinski definition) is 2. The van der Waals surface area contributed by atoms with Crippen molar-refractivity contribution in [3.8, 4) is 5.75 Å². The molecule has 0 atom stereocenters. The molecule has 0 heterocycles. The summed E-state index contributed by atoms with van der Waals surface area (Å²) in [6.45, 7) is 0. The van der Waals surface area contributed by atoms with Gasteiger partial charge in [0.1, 0.15) is 5.75 Å². The zero-order valence-electron chi connectivity index (χ0n) is 10.9. The quantitative estimate of drug-likeness (QED) is 0.744. The van der Waals surface area contributed by atoms with E-state index in [1.54, 1.807) is 0 Å². The molecule has 138 valence electrons. The van der Waals surface area contributed by atoms with Crippen LogP contribution in [0.1, 0.15) is 10.4 Å². The number of hydrogen-bond donors (Lipinski definition) is 1. The number of carboxylic acids is 1. The predicted molar refractivity (Wildman–Crippen MR) is 62.2 cm³/mol. The lowest BCUT2D eigenvalue weighted by molar-refractivity contribution is -0.428. The van der Waals surface area contributed by atoms with Crippen LogP contribution in [0, 0.1) is 0 Å². The molecule has 0 aromatic heterocycles. The minimum absolute atomic E-state index is 0. The summed E-state index contributed by atoms with van der Waals surface area (Å²) in [5.74, 6) is -16.7. The van der Waals surface area contributed by atoms with E-state index < -0.39 is 41.4 Å². The van der Waals surface area contributed by atoms with Gasteiger partial charge in [-0.3, -0.25) is 0 Å². The van der Waals surface area contributed by atoms with Gasteiger partial charge in [-0.05, 0) is 24.3 Å². The Bertz CT molecular complexity index is 583. The number of aromatic carboxylic acids is 1. The third-order valence-corrected chi connectivity index (χ3v) is 2.46. The smallest absolute Gasteiger partial charge is 0.471 e. The maximum Gasteiger partial charge on any atom is 0.471 e. The summed E-state index contributed by atoms with van der Waals surface area (Å²) in [4.78, 5) is 10.5. The highest BCUT2D eigenvalue weighted by Crippen LogP contribution is 2.53. The molecule has 1 aromatic rings. The Balaban J connectivity index is 0.00000529. The Labute approximate surface area is 133 Å². The fourth-order valence-electron chi connectivity index (χ4n) is 1.24. The summed E-state index contributed by atoms with van der Waals surface area (Å²) in [5.41, 5.74) is -0.493. The van der Waals surface area contributed by atoms with Crippen LogP contribution in [0.15, 0.2) is 24.3 Å². The Morgan fingerprint density at radius 2 is 1.25 bits per heavy atom. The van der Waals surface area contributed by atoms with Crippen LogP contribution in [0.4, 0.5) is 39.5 Å². The summed E-state index contributed by atoms with van der Waals surface area (Å²) < 4.78 is 116. The SMILES string of the molecule is Cl.O=C(O)c1ccc(OC(F)(F)C(F)(F)C(F)(F)C(F)(F)F)cc1. The van der Waals surface area contributed by atoms with Crippen LogP contribution < -0.4 is 4.74 Å². The second-order valence-electron chi connectivity index (χ2n) is 4.09. The van der Waals surface area contributed by atoms with Crippen molar-refractivity contribution < 1.29 is 54.2 Å². The van der Waals surface area contributed by atoms with Crippen molar-refractivity contribution in [2.45, 2.75) is 24.1 Å². The second kappa shape index (κ2) is 6.57. The van der Waals surface area contributed by atoms with E-state index in [0.29, 0.717) is 24.3 Å². The Kier molecular flexibility index (Phi) is 6.06. The number of halogens is 10. The molecule has 0 aliphatic rings. The van der Waals surface area contributed by atoms with Crippen LogP contribution in [0.2, 0.25) is 0 Å². The van der Waals surface area contributed by atoms with Crippen LogP contribution in [0.5, 0.6) is 5.75 Å². The molecule has 0 fully saturated rings. The van der Waals surface area contributed by atoms with Gasteiger partial charge >= 0.3 is 30.1 Å². The molecule has 0 bridgehead atoms. The maximum atomic E-state index is 13.1. The number of carboxylic acid groups (broad SMARTS) is 1. The Morgan fingerprint density at radius 3 is 1.58 bits per heavy atom. The van der Waals surface area contributed by atoms with Crippen molar-refractivity contribution in [3.63, 3.8) is 0 Å². The molecule has 0 aliphatic carbocycles. The Morgan fingerprint density at radius 1 is 0.833 bits per heavy atom. The molecule has 3 nitrogen and oxygen atoms in total. The average molecular weight is 393 g/mol. The molecule has 0 saturated carbocycles. The van der Waals surface area contributed by atoms with Gasteiger partial charge in [0.15, 0.2) is 0 Å². The van der Waals surface area contributed by atoms with Gasteiger partial charge in [-0.15, -0.1) is 12.4 Å². The van der Waals surface area contributed by atoms with E-state index in [9.17, 15) is 44.3 Å². The standard InChI is InChI=1S/C11H5F9O3.ClH/c12-8(13,10(16,17)18)9(14,15)11(19,20)23-6-3-1-5(2-4-6)7(21)22;/h1-4H,(H,21,22);1H. The molecule has 0 spiro atoms. The molecule has 1 rings (SSSR count). The van der Waals surface area contributed by atoms with Gasteiger partial charge in [0.05, 0.1) is 5.56 Å². The second-order valence-corrected chi connectivity index (χ2v) is 4.09. The fourth-order valence-corrected chi connectivity index (χ4v) is 1.24. The van der Waals surface area contributed by atoms with Crippen molar-refractivity contribution in [2.75, 3.05) is 0 Å². The summed E-state index contributed by atoms with van der Waals surface area (Å²) in [6, 6.07) is 1.96. The zero-order valence-corrected chi connectivity index (χ0v) is 11.7. The predicted octanol–water partition coefficient (Wildman–Crippen LogP) is 4.61. The first-order chi connectivity index (χ1) is 10.1. The highest BCUT2D eigenvalue weighted by atomic mass is 35.5. The first-order valence-electron chi connectivity index (χ1n) is 5.36. The van der Waals surface area contributed by atoms with Crippen molar-refractivity contribution in [1.29, 1.82) is 0 Å². The van der Waals surface area contributed by atoms with Gasteiger partial charge in [-0.25, -0.2) is 4.79 Å². The van der Waals surface area contributed by atoms with Gasteiger partial charge in [-0.1, -0.05) is 0 Å². The topological polar surface area (TPSA) is 46.5 Å². The summed E-state index contributed by atoms with van der Waals surface area (Å²) in [6.07, 6.45) is -13.2. The van der Waals surface area contributed by atoms with Crippen LogP contribution >= 0.6 is 12.4 Å². The third-order valence-electron chi connectivity index (χ3n) is 2.46. The summed E-state index contributed by atoms with van der Waals surface area (Å²) in [5, 5.41) is 8.50. The molecule has 0 aliphatic heterocycles. The number of carbonyl (C=O) groups is 1.